The second-order valence-corrected chi connectivity index (χ2v) is 3.44. The molecule has 0 fully saturated rings. The van der Waals surface area contributed by atoms with Crippen LogP contribution < -0.4 is 11.1 Å². The Labute approximate surface area is 91.6 Å². The van der Waals surface area contributed by atoms with Gasteiger partial charge in [-0.2, -0.15) is 5.10 Å². The summed E-state index contributed by atoms with van der Waals surface area (Å²) in [6.45, 7) is 0.0281. The van der Waals surface area contributed by atoms with E-state index >= 15 is 0 Å². The van der Waals surface area contributed by atoms with Crippen molar-refractivity contribution in [2.75, 3.05) is 13.1 Å². The van der Waals surface area contributed by atoms with Crippen LogP contribution in [0, 0.1) is 0 Å². The number of hydrogen-bond donors (Lipinski definition) is 2. The predicted molar refractivity (Wildman–Crippen MR) is 53.9 cm³/mol. The van der Waals surface area contributed by atoms with Crippen molar-refractivity contribution >= 4 is 5.91 Å². The molecule has 3 N–H and O–H groups in total. The van der Waals surface area contributed by atoms with Crippen LogP contribution in [0.3, 0.4) is 0 Å². The molecule has 0 saturated carbocycles. The SMILES string of the molecule is CC(C(=O)NCC(F)(F)CN)n1cccn1. The zero-order valence-electron chi connectivity index (χ0n) is 8.86. The summed E-state index contributed by atoms with van der Waals surface area (Å²) in [5.41, 5.74) is 4.84. The summed E-state index contributed by atoms with van der Waals surface area (Å²) in [6, 6.07) is 1.03. The van der Waals surface area contributed by atoms with E-state index in [-0.39, 0.29) is 0 Å². The van der Waals surface area contributed by atoms with Gasteiger partial charge in [-0.05, 0) is 13.0 Å². The Morgan fingerprint density at radius 1 is 1.69 bits per heavy atom. The first kappa shape index (κ1) is 12.6. The second kappa shape index (κ2) is 5.02. The number of amides is 1. The third-order valence-electron chi connectivity index (χ3n) is 2.12. The molecule has 1 unspecified atom stereocenters. The molecule has 7 heteroatoms. The third kappa shape index (κ3) is 3.27. The highest BCUT2D eigenvalue weighted by atomic mass is 19.3. The smallest absolute Gasteiger partial charge is 0.277 e. The topological polar surface area (TPSA) is 72.9 Å². The van der Waals surface area contributed by atoms with Crippen LogP contribution in [-0.2, 0) is 4.79 Å². The van der Waals surface area contributed by atoms with Gasteiger partial charge in [-0.25, -0.2) is 8.78 Å². The molecule has 1 atom stereocenters. The van der Waals surface area contributed by atoms with Crippen molar-refractivity contribution in [3.8, 4) is 0 Å². The number of hydrogen-bond acceptors (Lipinski definition) is 3. The molecular weight excluding hydrogens is 218 g/mol. The largest absolute Gasteiger partial charge is 0.348 e. The van der Waals surface area contributed by atoms with Crippen molar-refractivity contribution in [3.63, 3.8) is 0 Å². The van der Waals surface area contributed by atoms with Crippen molar-refractivity contribution in [1.82, 2.24) is 15.1 Å². The molecule has 5 nitrogen and oxygen atoms in total. The van der Waals surface area contributed by atoms with E-state index in [1.807, 2.05) is 0 Å². The Morgan fingerprint density at radius 2 is 2.38 bits per heavy atom. The van der Waals surface area contributed by atoms with Crippen LogP contribution in [-0.4, -0.2) is 34.7 Å². The zero-order valence-corrected chi connectivity index (χ0v) is 8.86. The van der Waals surface area contributed by atoms with Gasteiger partial charge in [-0.3, -0.25) is 9.48 Å². The van der Waals surface area contributed by atoms with Gasteiger partial charge in [-0.15, -0.1) is 0 Å². The third-order valence-corrected chi connectivity index (χ3v) is 2.12. The molecule has 16 heavy (non-hydrogen) atoms. The van der Waals surface area contributed by atoms with Crippen LogP contribution in [0.5, 0.6) is 0 Å². The van der Waals surface area contributed by atoms with Crippen molar-refractivity contribution in [1.29, 1.82) is 0 Å². The summed E-state index contributed by atoms with van der Waals surface area (Å²) in [5, 5.41) is 5.98. The van der Waals surface area contributed by atoms with Crippen molar-refractivity contribution in [2.45, 2.75) is 18.9 Å². The highest BCUT2D eigenvalue weighted by molar-refractivity contribution is 5.79. The van der Waals surface area contributed by atoms with Crippen LogP contribution in [0.4, 0.5) is 8.78 Å². The quantitative estimate of drug-likeness (QED) is 0.759. The molecule has 0 radical (unpaired) electrons. The van der Waals surface area contributed by atoms with Crippen LogP contribution in [0.25, 0.3) is 0 Å². The lowest BCUT2D eigenvalue weighted by molar-refractivity contribution is -0.125. The first-order chi connectivity index (χ1) is 7.46. The minimum Gasteiger partial charge on any atom is -0.348 e. The van der Waals surface area contributed by atoms with Crippen LogP contribution in [0.15, 0.2) is 18.5 Å². The van der Waals surface area contributed by atoms with E-state index in [4.69, 9.17) is 5.73 Å². The molecule has 1 amide bonds. The summed E-state index contributed by atoms with van der Waals surface area (Å²) in [5.74, 6) is -3.59. The van der Waals surface area contributed by atoms with Crippen molar-refractivity contribution in [3.05, 3.63) is 18.5 Å². The molecule has 0 aromatic carbocycles. The van der Waals surface area contributed by atoms with Gasteiger partial charge < -0.3 is 11.1 Å². The molecule has 1 rings (SSSR count). The van der Waals surface area contributed by atoms with Gasteiger partial charge in [0.05, 0.1) is 13.1 Å². The van der Waals surface area contributed by atoms with E-state index in [0.717, 1.165) is 0 Å². The normalized spacial score (nSPS) is 13.5. The van der Waals surface area contributed by atoms with Gasteiger partial charge in [-0.1, -0.05) is 0 Å². The Morgan fingerprint density at radius 3 is 2.88 bits per heavy atom. The number of carbonyl (C=O) groups is 1. The Balaban J connectivity index is 2.47. The van der Waals surface area contributed by atoms with E-state index in [9.17, 15) is 13.6 Å². The average Bonchev–Trinajstić information content (AvgIpc) is 2.78. The zero-order chi connectivity index (χ0) is 12.2. The fourth-order valence-corrected chi connectivity index (χ4v) is 1.07. The Bertz CT molecular complexity index is 339. The number of nitrogens with zero attached hydrogens (tertiary/aromatic N) is 2. The standard InChI is InChI=1S/C9H14F2N4O/c1-7(15-4-2-3-14-15)8(16)13-6-9(10,11)5-12/h2-4,7H,5-6,12H2,1H3,(H,13,16). The number of halogens is 2. The molecule has 0 aliphatic heterocycles. The van der Waals surface area contributed by atoms with Gasteiger partial charge in [0.15, 0.2) is 0 Å². The molecule has 0 bridgehead atoms. The summed E-state index contributed by atoms with van der Waals surface area (Å²) in [7, 11) is 0. The molecule has 0 spiro atoms. The van der Waals surface area contributed by atoms with Crippen molar-refractivity contribution in [2.24, 2.45) is 5.73 Å². The van der Waals surface area contributed by atoms with Gasteiger partial charge >= 0.3 is 0 Å². The molecule has 0 aliphatic carbocycles. The maximum atomic E-state index is 12.8. The number of carbonyl (C=O) groups excluding carboxylic acids is 1. The van der Waals surface area contributed by atoms with E-state index in [1.165, 1.54) is 10.9 Å². The van der Waals surface area contributed by atoms with Gasteiger partial charge in [0.25, 0.3) is 5.92 Å². The number of nitrogens with two attached hydrogens (primary N) is 1. The highest BCUT2D eigenvalue weighted by Crippen LogP contribution is 2.10. The Kier molecular flexibility index (Phi) is 3.94. The average molecular weight is 232 g/mol. The maximum absolute atomic E-state index is 12.8. The monoisotopic (exact) mass is 232 g/mol. The molecule has 1 aromatic heterocycles. The van der Waals surface area contributed by atoms with Crippen LogP contribution in [0.1, 0.15) is 13.0 Å². The van der Waals surface area contributed by atoms with Gasteiger partial charge in [0.2, 0.25) is 5.91 Å². The second-order valence-electron chi connectivity index (χ2n) is 3.44. The first-order valence-electron chi connectivity index (χ1n) is 4.81. The summed E-state index contributed by atoms with van der Waals surface area (Å²) >= 11 is 0. The van der Waals surface area contributed by atoms with Gasteiger partial charge in [0.1, 0.15) is 6.04 Å². The summed E-state index contributed by atoms with van der Waals surface area (Å²) in [6.07, 6.45) is 3.10. The molecule has 1 aromatic rings. The summed E-state index contributed by atoms with van der Waals surface area (Å²) < 4.78 is 26.9. The molecular formula is C9H14F2N4O. The number of aromatic nitrogens is 2. The molecule has 0 saturated heterocycles. The lowest BCUT2D eigenvalue weighted by Gasteiger charge is -2.17. The number of alkyl halides is 2. The lowest BCUT2D eigenvalue weighted by Crippen LogP contribution is -2.43. The molecule has 90 valence electrons. The predicted octanol–water partition coefficient (Wildman–Crippen LogP) is 0.154. The number of nitrogens with one attached hydrogen (secondary N) is 1. The van der Waals surface area contributed by atoms with E-state index in [2.05, 4.69) is 10.4 Å². The lowest BCUT2D eigenvalue weighted by atomic mass is 10.3. The molecule has 1 heterocycles. The Hall–Kier alpha value is -1.50. The maximum Gasteiger partial charge on any atom is 0.277 e. The van der Waals surface area contributed by atoms with E-state index in [1.54, 1.807) is 19.2 Å². The number of rotatable bonds is 5. The van der Waals surface area contributed by atoms with Crippen LogP contribution in [0.2, 0.25) is 0 Å². The minimum absolute atomic E-state index is 0.517. The van der Waals surface area contributed by atoms with E-state index in [0.29, 0.717) is 0 Å². The van der Waals surface area contributed by atoms with E-state index < -0.39 is 31.0 Å². The summed E-state index contributed by atoms with van der Waals surface area (Å²) in [4.78, 5) is 11.5. The minimum atomic E-state index is -3.07. The fraction of sp³-hybridized carbons (Fsp3) is 0.556. The fourth-order valence-electron chi connectivity index (χ4n) is 1.07. The highest BCUT2D eigenvalue weighted by Gasteiger charge is 2.28. The molecule has 0 aliphatic rings. The van der Waals surface area contributed by atoms with Gasteiger partial charge in [0, 0.05) is 12.4 Å². The van der Waals surface area contributed by atoms with Crippen molar-refractivity contribution < 1.29 is 13.6 Å². The van der Waals surface area contributed by atoms with Crippen LogP contribution >= 0.6 is 0 Å². The first-order valence-corrected chi connectivity index (χ1v) is 4.81.